The molecule has 8 aromatic rings. The van der Waals surface area contributed by atoms with Crippen LogP contribution in [0.3, 0.4) is 0 Å². The van der Waals surface area contributed by atoms with Crippen molar-refractivity contribution in [1.29, 1.82) is 0 Å². The number of ketones is 1. The lowest BCUT2D eigenvalue weighted by Crippen LogP contribution is -2.34. The smallest absolute Gasteiger partial charge is 0.325 e. The molecule has 25 nitrogen and oxygen atoms in total. The number of benzene rings is 4. The van der Waals surface area contributed by atoms with E-state index in [1.54, 1.807) is 13.0 Å². The van der Waals surface area contributed by atoms with Crippen LogP contribution in [0.1, 0.15) is 325 Å². The lowest BCUT2D eigenvalue weighted by Gasteiger charge is -2.28. The maximum absolute atomic E-state index is 14.2. The number of carboxylic acid groups (broad SMARTS) is 3. The van der Waals surface area contributed by atoms with Gasteiger partial charge in [0, 0.05) is 132 Å². The van der Waals surface area contributed by atoms with Crippen LogP contribution in [0.2, 0.25) is 0 Å². The van der Waals surface area contributed by atoms with Gasteiger partial charge < -0.3 is 63.3 Å². The summed E-state index contributed by atoms with van der Waals surface area (Å²) < 4.78 is 68.1. The Morgan fingerprint density at radius 1 is 0.422 bits per heavy atom. The number of unbranched alkanes of at least 4 members (excludes halogenated alkanes) is 4. The molecule has 26 heteroatoms. The SMILES string of the molecule is CC(=O)[C@@H](c1cc(F)ccc1COC(C)C)N1CC[C@@H](OCCCCc2ccc3c(n2)NCCO3)C1.Cc1ccc(COC(C)(C)C)c(C(C(=O)O)N2CC[C@@H](OCCCCc3ccc4c(n3)CCCC4)C2)c1.Cc1ccc(COCC2CC2)c([C@@H](C(=O)O)N2CC[C@@H](OCCCCc3ccc4c(n3)CCCC4)C2)c1.Cc1ccc(COCC2CC2)c([C@H](C(=O)O)N2CC[C@@H](OCCCCc3ccc4c(n3)CCCC4)C2)c1. The first-order valence-corrected chi connectivity index (χ1v) is 55.6. The number of carbonyl (C=O) groups is 4. The number of anilines is 1. The molecule has 147 heavy (non-hydrogen) atoms. The van der Waals surface area contributed by atoms with Crippen molar-refractivity contribution in [3.05, 3.63) is 245 Å². The number of fused-ring (bicyclic) bond motifs is 4. The number of nitrogens with one attached hydrogen (secondary N) is 1. The zero-order valence-electron chi connectivity index (χ0n) is 89.3. The van der Waals surface area contributed by atoms with Crippen molar-refractivity contribution >= 4 is 29.5 Å². The van der Waals surface area contributed by atoms with Gasteiger partial charge in [0.25, 0.3) is 0 Å². The van der Waals surface area contributed by atoms with Gasteiger partial charge in [-0.1, -0.05) is 95.6 Å². The number of nitrogens with zero attached hydrogens (tertiary/aromatic N) is 8. The van der Waals surface area contributed by atoms with Crippen molar-refractivity contribution in [3.63, 3.8) is 0 Å². The number of ether oxygens (including phenoxy) is 9. The van der Waals surface area contributed by atoms with Crippen molar-refractivity contribution in [2.45, 2.75) is 354 Å². The summed E-state index contributed by atoms with van der Waals surface area (Å²) in [6.07, 6.45) is 35.3. The van der Waals surface area contributed by atoms with Crippen molar-refractivity contribution in [2.24, 2.45) is 11.8 Å². The molecule has 6 fully saturated rings. The average Bonchev–Trinajstić information content (AvgIpc) is 1.72. The minimum atomic E-state index is -0.819. The molecule has 5 aliphatic heterocycles. The van der Waals surface area contributed by atoms with E-state index in [-0.39, 0.29) is 47.7 Å². The van der Waals surface area contributed by atoms with Crippen molar-refractivity contribution in [1.82, 2.24) is 39.5 Å². The maximum atomic E-state index is 14.2. The Morgan fingerprint density at radius 2 is 0.769 bits per heavy atom. The first-order chi connectivity index (χ1) is 71.2. The van der Waals surface area contributed by atoms with E-state index >= 15 is 0 Å². The second-order valence-corrected chi connectivity index (χ2v) is 44.1. The van der Waals surface area contributed by atoms with Gasteiger partial charge in [0.1, 0.15) is 30.5 Å². The number of carboxylic acids is 3. The standard InChI is InChI=1S/2C31H42N2O4.C31H44N2O4.C28H38FN3O4/c2*1-22-9-12-25(21-36-20-23-10-11-23)28(18-22)30(31(34)35)33-16-15-27(19-33)37-17-5-4-7-26-14-13-24-6-2-3-8-29(24)32-26;1-22-12-13-24(21-37-31(2,3)4)27(19-22)29(30(34)35)33-17-16-26(20-33)36-18-8-7-10-25-15-14-23-9-5-6-11-28(23)32-25;1-19(2)36-18-21-7-8-22(29)16-25(21)27(20(3)33)32-13-11-24(17-32)34-14-5-4-6-23-9-10-26-28(31-23)30-12-15-35-26/h2*9,12-14,18,23,27,30H,2-8,10-11,15-17,19-21H2,1H3,(H,34,35);12-15,19,26,29H,5-11,16-18,20-21H2,1-4H3,(H,34,35);7-10,16,19,24,27H,4-6,11-15,17-18H2,1-3H3,(H,30,31)/t27-,30+;27-,30-;26-,29?;24-,27+/m1111/s1. The number of hydrogen-bond donors (Lipinski definition) is 4. The van der Waals surface area contributed by atoms with Gasteiger partial charge in [-0.15, -0.1) is 0 Å². The van der Waals surface area contributed by atoms with Gasteiger partial charge in [-0.05, 0) is 383 Å². The first kappa shape index (κ1) is 112. The summed E-state index contributed by atoms with van der Waals surface area (Å²) in [6, 6.07) is 37.8. The number of pyridine rings is 4. The second kappa shape index (κ2) is 56.1. The van der Waals surface area contributed by atoms with E-state index in [0.29, 0.717) is 110 Å². The van der Waals surface area contributed by atoms with Crippen LogP contribution in [0.15, 0.2) is 121 Å². The molecule has 0 radical (unpaired) electrons. The van der Waals surface area contributed by atoms with Gasteiger partial charge in [-0.2, -0.15) is 0 Å². The molecule has 4 N–H and O–H groups in total. The molecule has 9 heterocycles. The van der Waals surface area contributed by atoms with E-state index in [0.717, 1.165) is 234 Å². The van der Waals surface area contributed by atoms with Gasteiger partial charge in [0.05, 0.1) is 75.1 Å². The van der Waals surface area contributed by atoms with Crippen molar-refractivity contribution in [3.8, 4) is 5.75 Å². The number of carbonyl (C=O) groups excluding carboxylic acids is 1. The van der Waals surface area contributed by atoms with Crippen LogP contribution in [0.4, 0.5) is 10.2 Å². The molecule has 4 aromatic heterocycles. The Bertz CT molecular complexity index is 5400. The average molecular weight is 2020 g/mol. The zero-order chi connectivity index (χ0) is 103. The molecular formula is C121H166FN9O16. The Morgan fingerprint density at radius 3 is 1.14 bits per heavy atom. The third kappa shape index (κ3) is 34.6. The second-order valence-electron chi connectivity index (χ2n) is 44.1. The van der Waals surface area contributed by atoms with Crippen molar-refractivity contribution in [2.75, 3.05) is 110 Å². The molecule has 2 saturated carbocycles. The van der Waals surface area contributed by atoms with Gasteiger partial charge >= 0.3 is 17.9 Å². The molecule has 4 aromatic carbocycles. The number of Topliss-reactive ketones (excluding diaryl/α,β-unsaturated/α-hetero) is 1. The molecule has 798 valence electrons. The quantitative estimate of drug-likeness (QED) is 0.0258. The predicted octanol–water partition coefficient (Wildman–Crippen LogP) is 21.4. The fourth-order valence-corrected chi connectivity index (χ4v) is 21.8. The molecule has 1 unspecified atom stereocenters. The van der Waals surface area contributed by atoms with Crippen LogP contribution >= 0.6 is 0 Å². The summed E-state index contributed by atoms with van der Waals surface area (Å²) in [7, 11) is 0. The molecule has 18 rings (SSSR count). The Labute approximate surface area is 873 Å². The molecule has 5 aliphatic carbocycles. The van der Waals surface area contributed by atoms with E-state index in [1.807, 2.05) is 122 Å². The summed E-state index contributed by atoms with van der Waals surface area (Å²) in [5, 5.41) is 33.9. The highest BCUT2D eigenvalue weighted by Gasteiger charge is 2.41. The summed E-state index contributed by atoms with van der Waals surface area (Å²) in [5.74, 6) is 0.280. The monoisotopic (exact) mass is 2020 g/mol. The summed E-state index contributed by atoms with van der Waals surface area (Å²) >= 11 is 0. The summed E-state index contributed by atoms with van der Waals surface area (Å²) in [5.41, 5.74) is 22.8. The highest BCUT2D eigenvalue weighted by Crippen LogP contribution is 2.40. The number of aromatic nitrogens is 4. The van der Waals surface area contributed by atoms with Crippen LogP contribution in [0, 0.1) is 38.4 Å². The van der Waals surface area contributed by atoms with E-state index in [2.05, 4.69) is 66.3 Å². The highest BCUT2D eigenvalue weighted by molar-refractivity contribution is 5.83. The zero-order valence-corrected chi connectivity index (χ0v) is 89.3. The lowest BCUT2D eigenvalue weighted by atomic mass is 9.95. The molecule has 0 bridgehead atoms. The van der Waals surface area contributed by atoms with E-state index in [9.17, 15) is 38.9 Å². The topological polar surface area (TPSA) is 289 Å². The third-order valence-corrected chi connectivity index (χ3v) is 30.3. The Kier molecular flexibility index (Phi) is 42.6. The van der Waals surface area contributed by atoms with E-state index < -0.39 is 42.1 Å². The van der Waals surface area contributed by atoms with Crippen LogP contribution < -0.4 is 10.1 Å². The molecule has 0 spiro atoms. The summed E-state index contributed by atoms with van der Waals surface area (Å²) in [6.45, 7) is 30.6. The third-order valence-electron chi connectivity index (χ3n) is 30.3. The van der Waals surface area contributed by atoms with E-state index in [4.69, 9.17) is 57.6 Å². The highest BCUT2D eigenvalue weighted by atomic mass is 19.1. The van der Waals surface area contributed by atoms with Gasteiger partial charge in [-0.3, -0.25) is 53.7 Å². The number of aryl methyl sites for hydroxylation is 13. The number of likely N-dealkylation sites (tertiary alicyclic amines) is 4. The Balaban J connectivity index is 0.000000147. The largest absolute Gasteiger partial charge is 0.488 e. The number of rotatable bonds is 49. The predicted molar refractivity (Wildman–Crippen MR) is 570 cm³/mol. The lowest BCUT2D eigenvalue weighted by molar-refractivity contribution is -0.144. The molecular weight excluding hydrogens is 1850 g/mol. The normalized spacial score (nSPS) is 19.7. The number of halogens is 1. The van der Waals surface area contributed by atoms with Crippen LogP contribution in [0.5, 0.6) is 5.75 Å². The van der Waals surface area contributed by atoms with Gasteiger partial charge in [0.2, 0.25) is 0 Å². The molecule has 10 aliphatic rings. The molecule has 4 saturated heterocycles. The minimum Gasteiger partial charge on any atom is -0.488 e. The first-order valence-electron chi connectivity index (χ1n) is 55.6. The minimum absolute atomic E-state index is 0.00415. The van der Waals surface area contributed by atoms with Gasteiger partial charge in [-0.25, -0.2) is 9.37 Å². The van der Waals surface area contributed by atoms with E-state index in [1.165, 1.54) is 146 Å². The molecule has 8 atom stereocenters. The Hall–Kier alpha value is -9.39. The molecule has 0 amide bonds. The van der Waals surface area contributed by atoms with Crippen molar-refractivity contribution < 1.29 is 81.5 Å². The fraction of sp³-hybridized carbons (Fsp3) is 0.603. The fourth-order valence-electron chi connectivity index (χ4n) is 21.8. The van der Waals surface area contributed by atoms with Crippen LogP contribution in [-0.2, 0) is 148 Å². The van der Waals surface area contributed by atoms with Crippen LogP contribution in [0.25, 0.3) is 0 Å². The maximum Gasteiger partial charge on any atom is 0.325 e. The number of hydrogen-bond acceptors (Lipinski definition) is 22. The number of aliphatic carboxylic acids is 3. The van der Waals surface area contributed by atoms with Crippen LogP contribution in [-0.4, -0.2) is 220 Å². The van der Waals surface area contributed by atoms with Gasteiger partial charge in [0.15, 0.2) is 17.4 Å². The summed E-state index contributed by atoms with van der Waals surface area (Å²) in [4.78, 5) is 77.7.